The zero-order chi connectivity index (χ0) is 13.7. The van der Waals surface area contributed by atoms with Gasteiger partial charge in [-0.05, 0) is 19.8 Å². The SMILES string of the molecule is Cc1nc(N)sc1C(=O)NCCOC1CCCCC1. The molecule has 0 spiro atoms. The molecule has 2 rings (SSSR count). The molecule has 6 heteroatoms. The minimum absolute atomic E-state index is 0.112. The van der Waals surface area contributed by atoms with E-state index >= 15 is 0 Å². The predicted molar refractivity (Wildman–Crippen MR) is 76.4 cm³/mol. The average molecular weight is 283 g/mol. The molecule has 0 unspecified atom stereocenters. The average Bonchev–Trinajstić information content (AvgIpc) is 2.75. The highest BCUT2D eigenvalue weighted by Crippen LogP contribution is 2.20. The third kappa shape index (κ3) is 4.18. The van der Waals surface area contributed by atoms with Crippen molar-refractivity contribution in [2.75, 3.05) is 18.9 Å². The van der Waals surface area contributed by atoms with Crippen molar-refractivity contribution >= 4 is 22.4 Å². The summed E-state index contributed by atoms with van der Waals surface area (Å²) in [5, 5.41) is 3.28. The lowest BCUT2D eigenvalue weighted by atomic mass is 9.98. The molecule has 1 aliphatic carbocycles. The molecule has 19 heavy (non-hydrogen) atoms. The first-order valence-corrected chi connectivity index (χ1v) is 7.61. The lowest BCUT2D eigenvalue weighted by molar-refractivity contribution is 0.0300. The third-order valence-corrected chi connectivity index (χ3v) is 4.30. The van der Waals surface area contributed by atoms with Gasteiger partial charge in [0.1, 0.15) is 4.88 Å². The topological polar surface area (TPSA) is 77.2 Å². The van der Waals surface area contributed by atoms with Crippen LogP contribution in [0.15, 0.2) is 0 Å². The molecule has 1 heterocycles. The predicted octanol–water partition coefficient (Wildman–Crippen LogP) is 2.11. The highest BCUT2D eigenvalue weighted by atomic mass is 32.1. The number of aromatic nitrogens is 1. The molecule has 0 radical (unpaired) electrons. The molecule has 0 saturated heterocycles. The molecule has 1 amide bonds. The summed E-state index contributed by atoms with van der Waals surface area (Å²) < 4.78 is 5.75. The quantitative estimate of drug-likeness (QED) is 0.811. The second-order valence-electron chi connectivity index (χ2n) is 4.85. The number of carbonyl (C=O) groups excluding carboxylic acids is 1. The Morgan fingerprint density at radius 2 is 2.21 bits per heavy atom. The van der Waals surface area contributed by atoms with E-state index in [-0.39, 0.29) is 5.91 Å². The number of nitrogen functional groups attached to an aromatic ring is 1. The minimum Gasteiger partial charge on any atom is -0.376 e. The van der Waals surface area contributed by atoms with Crippen LogP contribution < -0.4 is 11.1 Å². The smallest absolute Gasteiger partial charge is 0.263 e. The normalized spacial score (nSPS) is 16.5. The van der Waals surface area contributed by atoms with Crippen molar-refractivity contribution in [1.82, 2.24) is 10.3 Å². The van der Waals surface area contributed by atoms with Gasteiger partial charge in [-0.25, -0.2) is 4.98 Å². The van der Waals surface area contributed by atoms with Crippen LogP contribution in [0.3, 0.4) is 0 Å². The van der Waals surface area contributed by atoms with Crippen LogP contribution in [0.5, 0.6) is 0 Å². The Labute approximate surface area is 117 Å². The highest BCUT2D eigenvalue weighted by molar-refractivity contribution is 7.17. The van der Waals surface area contributed by atoms with Crippen LogP contribution in [0.4, 0.5) is 5.13 Å². The Morgan fingerprint density at radius 3 is 2.84 bits per heavy atom. The largest absolute Gasteiger partial charge is 0.376 e. The summed E-state index contributed by atoms with van der Waals surface area (Å²) in [6.45, 7) is 2.90. The number of hydrogen-bond donors (Lipinski definition) is 2. The molecule has 0 aliphatic heterocycles. The van der Waals surface area contributed by atoms with E-state index in [1.807, 2.05) is 0 Å². The van der Waals surface area contributed by atoms with Gasteiger partial charge in [0.25, 0.3) is 5.91 Å². The fourth-order valence-electron chi connectivity index (χ4n) is 2.33. The second-order valence-corrected chi connectivity index (χ2v) is 5.88. The third-order valence-electron chi connectivity index (χ3n) is 3.31. The Morgan fingerprint density at radius 1 is 1.47 bits per heavy atom. The number of nitrogens with zero attached hydrogens (tertiary/aromatic N) is 1. The summed E-state index contributed by atoms with van der Waals surface area (Å²) in [6.07, 6.45) is 6.53. The molecule has 1 aromatic rings. The van der Waals surface area contributed by atoms with E-state index in [1.54, 1.807) is 6.92 Å². The summed E-state index contributed by atoms with van der Waals surface area (Å²) in [6, 6.07) is 0. The maximum Gasteiger partial charge on any atom is 0.263 e. The van der Waals surface area contributed by atoms with Gasteiger partial charge in [-0.3, -0.25) is 4.79 Å². The van der Waals surface area contributed by atoms with E-state index in [1.165, 1.54) is 30.6 Å². The molecule has 0 atom stereocenters. The molecule has 0 aromatic carbocycles. The minimum atomic E-state index is -0.112. The zero-order valence-corrected chi connectivity index (χ0v) is 12.1. The van der Waals surface area contributed by atoms with Gasteiger partial charge in [-0.1, -0.05) is 30.6 Å². The number of nitrogens with one attached hydrogen (secondary N) is 1. The van der Waals surface area contributed by atoms with Crippen molar-refractivity contribution in [3.63, 3.8) is 0 Å². The molecule has 3 N–H and O–H groups in total. The standard InChI is InChI=1S/C13H21N3O2S/c1-9-11(19-13(14)16-9)12(17)15-7-8-18-10-5-3-2-4-6-10/h10H,2-8H2,1H3,(H2,14,16)(H,15,17). The van der Waals surface area contributed by atoms with E-state index in [0.717, 1.165) is 12.8 Å². The van der Waals surface area contributed by atoms with Crippen LogP contribution in [0.1, 0.15) is 47.5 Å². The van der Waals surface area contributed by atoms with Gasteiger partial charge in [0.2, 0.25) is 0 Å². The van der Waals surface area contributed by atoms with Gasteiger partial charge >= 0.3 is 0 Å². The molecule has 1 saturated carbocycles. The Hall–Kier alpha value is -1.14. The lowest BCUT2D eigenvalue weighted by Crippen LogP contribution is -2.29. The van der Waals surface area contributed by atoms with Crippen LogP contribution in [0.25, 0.3) is 0 Å². The summed E-state index contributed by atoms with van der Waals surface area (Å²) in [5.41, 5.74) is 6.26. The fourth-order valence-corrected chi connectivity index (χ4v) is 3.08. The Bertz CT molecular complexity index is 428. The monoisotopic (exact) mass is 283 g/mol. The van der Waals surface area contributed by atoms with Crippen LogP contribution in [0, 0.1) is 6.92 Å². The summed E-state index contributed by atoms with van der Waals surface area (Å²) >= 11 is 1.22. The number of aryl methyl sites for hydroxylation is 1. The number of anilines is 1. The first-order valence-electron chi connectivity index (χ1n) is 6.79. The zero-order valence-electron chi connectivity index (χ0n) is 11.3. The van der Waals surface area contributed by atoms with Crippen LogP contribution in [-0.2, 0) is 4.74 Å². The van der Waals surface area contributed by atoms with Crippen molar-refractivity contribution in [1.29, 1.82) is 0 Å². The molecule has 5 nitrogen and oxygen atoms in total. The first-order chi connectivity index (χ1) is 9.16. The summed E-state index contributed by atoms with van der Waals surface area (Å²) in [7, 11) is 0. The maximum absolute atomic E-state index is 11.9. The van der Waals surface area contributed by atoms with E-state index in [4.69, 9.17) is 10.5 Å². The van der Waals surface area contributed by atoms with E-state index in [0.29, 0.717) is 35.0 Å². The van der Waals surface area contributed by atoms with Crippen LogP contribution >= 0.6 is 11.3 Å². The van der Waals surface area contributed by atoms with E-state index < -0.39 is 0 Å². The number of ether oxygens (including phenoxy) is 1. The molecule has 1 fully saturated rings. The number of rotatable bonds is 5. The maximum atomic E-state index is 11.9. The van der Waals surface area contributed by atoms with Crippen molar-refractivity contribution < 1.29 is 9.53 Å². The Balaban J connectivity index is 1.67. The van der Waals surface area contributed by atoms with Crippen molar-refractivity contribution in [2.45, 2.75) is 45.1 Å². The number of thiazole rings is 1. The van der Waals surface area contributed by atoms with Crippen LogP contribution in [0.2, 0.25) is 0 Å². The van der Waals surface area contributed by atoms with Gasteiger partial charge in [0.15, 0.2) is 5.13 Å². The molecule has 0 bridgehead atoms. The molecule has 1 aromatic heterocycles. The number of nitrogens with two attached hydrogens (primary N) is 1. The van der Waals surface area contributed by atoms with Gasteiger partial charge < -0.3 is 15.8 Å². The number of amides is 1. The highest BCUT2D eigenvalue weighted by Gasteiger charge is 2.15. The first kappa shape index (κ1) is 14.3. The summed E-state index contributed by atoms with van der Waals surface area (Å²) in [5.74, 6) is -0.112. The van der Waals surface area contributed by atoms with Crippen LogP contribution in [-0.4, -0.2) is 30.1 Å². The van der Waals surface area contributed by atoms with Gasteiger partial charge in [-0.2, -0.15) is 0 Å². The van der Waals surface area contributed by atoms with Crippen molar-refractivity contribution in [3.05, 3.63) is 10.6 Å². The van der Waals surface area contributed by atoms with Crippen molar-refractivity contribution in [3.8, 4) is 0 Å². The van der Waals surface area contributed by atoms with Gasteiger partial charge in [-0.15, -0.1) is 0 Å². The number of hydrogen-bond acceptors (Lipinski definition) is 5. The van der Waals surface area contributed by atoms with Crippen molar-refractivity contribution in [2.24, 2.45) is 0 Å². The number of carbonyl (C=O) groups is 1. The van der Waals surface area contributed by atoms with E-state index in [9.17, 15) is 4.79 Å². The fraction of sp³-hybridized carbons (Fsp3) is 0.692. The van der Waals surface area contributed by atoms with E-state index in [2.05, 4.69) is 10.3 Å². The van der Waals surface area contributed by atoms with Gasteiger partial charge in [0.05, 0.1) is 18.4 Å². The van der Waals surface area contributed by atoms with Gasteiger partial charge in [0, 0.05) is 6.54 Å². The molecular formula is C13H21N3O2S. The summed E-state index contributed by atoms with van der Waals surface area (Å²) in [4.78, 5) is 16.5. The molecule has 106 valence electrons. The second kappa shape index (κ2) is 6.86. The Kier molecular flexibility index (Phi) is 5.15. The molecular weight excluding hydrogens is 262 g/mol. The molecule has 1 aliphatic rings. The lowest BCUT2D eigenvalue weighted by Gasteiger charge is -2.21.